The normalized spacial score (nSPS) is 10.0. The third-order valence-electron chi connectivity index (χ3n) is 1.10. The zero-order valence-corrected chi connectivity index (χ0v) is 6.65. The summed E-state index contributed by atoms with van der Waals surface area (Å²) in [5.74, 6) is -0.637. The molecule has 0 N–H and O–H groups in total. The van der Waals surface area contributed by atoms with Crippen molar-refractivity contribution in [1.82, 2.24) is 4.90 Å². The number of esters is 1. The van der Waals surface area contributed by atoms with Crippen molar-refractivity contribution in [2.45, 2.75) is 5.24 Å². The summed E-state index contributed by atoms with van der Waals surface area (Å²) in [7, 11) is 16.6. The van der Waals surface area contributed by atoms with Crippen LogP contribution in [-0.4, -0.2) is 53.3 Å². The van der Waals surface area contributed by atoms with E-state index in [0.29, 0.717) is 4.90 Å². The van der Waals surface area contributed by atoms with Crippen LogP contribution in [0.5, 0.6) is 0 Å². The summed E-state index contributed by atoms with van der Waals surface area (Å²) in [5, 5.41) is 6.60. The Morgan fingerprint density at radius 1 is 1.67 bits per heavy atom. The van der Waals surface area contributed by atoms with E-state index >= 15 is 0 Å². The van der Waals surface area contributed by atoms with Crippen LogP contribution < -0.4 is 0 Å². The van der Waals surface area contributed by atoms with E-state index < -0.39 is 11.2 Å². The van der Waals surface area contributed by atoms with Gasteiger partial charge in [-0.3, -0.25) is 4.79 Å². The molecule has 6 radical (unpaired) electrons. The van der Waals surface area contributed by atoms with Gasteiger partial charge in [-0.15, -0.1) is 0 Å². The zero-order valence-electron chi connectivity index (χ0n) is 6.65. The first-order valence-electron chi connectivity index (χ1n) is 3.02. The summed E-state index contributed by atoms with van der Waals surface area (Å²) < 4.78 is 4.28. The Labute approximate surface area is 75.1 Å². The summed E-state index contributed by atoms with van der Waals surface area (Å²) in [6.45, 7) is -0.365. The second-order valence-electron chi connectivity index (χ2n) is 2.15. The van der Waals surface area contributed by atoms with Gasteiger partial charge in [-0.05, 0) is 0 Å². The molecule has 0 saturated carbocycles. The van der Waals surface area contributed by atoms with E-state index in [0.717, 1.165) is 0 Å². The van der Waals surface area contributed by atoms with E-state index in [-0.39, 0.29) is 6.54 Å². The molecule has 0 aliphatic heterocycles. The molecule has 0 unspecified atom stereocenters. The van der Waals surface area contributed by atoms with Crippen molar-refractivity contribution in [3.8, 4) is 6.19 Å². The summed E-state index contributed by atoms with van der Waals surface area (Å²) in [5.41, 5.74) is 0. The second kappa shape index (κ2) is 4.10. The van der Waals surface area contributed by atoms with Crippen LogP contribution in [0.2, 0.25) is 0 Å². The molecule has 0 heterocycles. The molecule has 0 amide bonds. The minimum atomic E-state index is -1.83. The first-order chi connectivity index (χ1) is 5.41. The molecular formula is C5H5B3N2O2. The Hall–Kier alpha value is -1.05. The molecule has 0 aromatic rings. The van der Waals surface area contributed by atoms with E-state index in [1.807, 2.05) is 0 Å². The standard InChI is InChI=1S/C5H5B3N2O2/c1-12-4(11)2-10(3-9)5(6,7)8/h2H2,1H3. The third kappa shape index (κ3) is 3.38. The van der Waals surface area contributed by atoms with Gasteiger partial charge in [-0.1, -0.05) is 5.24 Å². The van der Waals surface area contributed by atoms with Gasteiger partial charge in [-0.2, -0.15) is 5.26 Å². The van der Waals surface area contributed by atoms with Gasteiger partial charge in [0.1, 0.15) is 6.54 Å². The molecule has 0 aromatic carbocycles. The number of ether oxygens (including phenoxy) is 1. The van der Waals surface area contributed by atoms with E-state index in [1.54, 1.807) is 6.19 Å². The molecule has 0 fully saturated rings. The summed E-state index contributed by atoms with van der Waals surface area (Å²) in [6, 6.07) is 0. The average molecular weight is 158 g/mol. The average Bonchev–Trinajstić information content (AvgIpc) is 1.97. The maximum Gasteiger partial charge on any atom is 0.326 e. The number of hydrogen-bond donors (Lipinski definition) is 0. The van der Waals surface area contributed by atoms with E-state index in [2.05, 4.69) is 4.74 Å². The van der Waals surface area contributed by atoms with Crippen LogP contribution >= 0.6 is 0 Å². The van der Waals surface area contributed by atoms with Gasteiger partial charge in [-0.25, -0.2) is 0 Å². The molecule has 56 valence electrons. The van der Waals surface area contributed by atoms with E-state index in [4.69, 9.17) is 28.8 Å². The predicted octanol–water partition coefficient (Wildman–Crippen LogP) is -1.94. The second-order valence-corrected chi connectivity index (χ2v) is 2.15. The van der Waals surface area contributed by atoms with Crippen molar-refractivity contribution in [3.05, 3.63) is 0 Å². The molecule has 0 rings (SSSR count). The highest BCUT2D eigenvalue weighted by Gasteiger charge is 2.20. The Morgan fingerprint density at radius 3 is 2.42 bits per heavy atom. The van der Waals surface area contributed by atoms with Crippen LogP contribution in [0.3, 0.4) is 0 Å². The number of rotatable bonds is 3. The Balaban J connectivity index is 4.22. The predicted molar refractivity (Wildman–Crippen MR) is 44.3 cm³/mol. The highest BCUT2D eigenvalue weighted by molar-refractivity contribution is 6.59. The van der Waals surface area contributed by atoms with Crippen molar-refractivity contribution in [1.29, 1.82) is 5.26 Å². The van der Waals surface area contributed by atoms with Gasteiger partial charge in [0.2, 0.25) is 0 Å². The Bertz CT molecular complexity index is 208. The molecule has 0 aliphatic rings. The molecule has 0 bridgehead atoms. The highest BCUT2D eigenvalue weighted by Crippen LogP contribution is 1.99. The summed E-state index contributed by atoms with van der Waals surface area (Å²) in [6.07, 6.45) is 1.56. The lowest BCUT2D eigenvalue weighted by molar-refractivity contribution is -0.141. The van der Waals surface area contributed by atoms with Crippen molar-refractivity contribution in [3.63, 3.8) is 0 Å². The zero-order chi connectivity index (χ0) is 9.78. The Kier molecular flexibility index (Phi) is 3.74. The number of methoxy groups -OCH3 is 1. The molecule has 0 aromatic heterocycles. The van der Waals surface area contributed by atoms with Crippen LogP contribution in [0, 0.1) is 11.5 Å². The van der Waals surface area contributed by atoms with Crippen molar-refractivity contribution in [2.24, 2.45) is 0 Å². The van der Waals surface area contributed by atoms with Gasteiger partial charge < -0.3 is 9.64 Å². The van der Waals surface area contributed by atoms with Gasteiger partial charge in [0.25, 0.3) is 0 Å². The fourth-order valence-electron chi connectivity index (χ4n) is 0.453. The van der Waals surface area contributed by atoms with Gasteiger partial charge >= 0.3 is 5.97 Å². The number of carbonyl (C=O) groups is 1. The lowest BCUT2D eigenvalue weighted by Gasteiger charge is -2.30. The smallest absolute Gasteiger partial charge is 0.326 e. The molecular weight excluding hydrogens is 153 g/mol. The van der Waals surface area contributed by atoms with E-state index in [1.165, 1.54) is 7.11 Å². The van der Waals surface area contributed by atoms with Crippen LogP contribution in [0.1, 0.15) is 0 Å². The quantitative estimate of drug-likeness (QED) is 0.207. The fraction of sp³-hybridized carbons (Fsp3) is 0.600. The number of hydrogen-bond acceptors (Lipinski definition) is 4. The molecule has 0 aliphatic carbocycles. The number of carbonyl (C=O) groups excluding carboxylic acids is 1. The van der Waals surface area contributed by atoms with E-state index in [9.17, 15) is 4.79 Å². The SMILES string of the molecule is [B]C([B])([B])N(C#N)CC(=O)OC. The molecule has 7 heteroatoms. The highest BCUT2D eigenvalue weighted by atomic mass is 16.5. The molecule has 12 heavy (non-hydrogen) atoms. The number of nitriles is 1. The van der Waals surface area contributed by atoms with Crippen LogP contribution in [0.4, 0.5) is 0 Å². The molecule has 4 nitrogen and oxygen atoms in total. The molecule has 0 saturated heterocycles. The van der Waals surface area contributed by atoms with Gasteiger partial charge in [0.05, 0.1) is 30.6 Å². The largest absolute Gasteiger partial charge is 0.468 e. The van der Waals surface area contributed by atoms with Gasteiger partial charge in [0, 0.05) is 0 Å². The first-order valence-corrected chi connectivity index (χ1v) is 3.02. The van der Waals surface area contributed by atoms with Gasteiger partial charge in [0.15, 0.2) is 6.19 Å². The summed E-state index contributed by atoms with van der Waals surface area (Å²) in [4.78, 5) is 11.4. The lowest BCUT2D eigenvalue weighted by atomic mass is 9.48. The van der Waals surface area contributed by atoms with Crippen LogP contribution in [0.15, 0.2) is 0 Å². The minimum absolute atomic E-state index is 0.365. The minimum Gasteiger partial charge on any atom is -0.468 e. The fourth-order valence-corrected chi connectivity index (χ4v) is 0.453. The van der Waals surface area contributed by atoms with Crippen molar-refractivity contribution < 1.29 is 9.53 Å². The topological polar surface area (TPSA) is 53.3 Å². The first kappa shape index (κ1) is 11.0. The Morgan fingerprint density at radius 2 is 2.17 bits per heavy atom. The molecule has 0 spiro atoms. The maximum atomic E-state index is 10.6. The monoisotopic (exact) mass is 158 g/mol. The lowest BCUT2D eigenvalue weighted by Crippen LogP contribution is -2.50. The maximum absolute atomic E-state index is 10.6. The molecule has 0 atom stereocenters. The van der Waals surface area contributed by atoms with Crippen LogP contribution in [0.25, 0.3) is 0 Å². The number of nitrogens with zero attached hydrogens (tertiary/aromatic N) is 2. The van der Waals surface area contributed by atoms with Crippen molar-refractivity contribution >= 4 is 29.5 Å². The third-order valence-corrected chi connectivity index (χ3v) is 1.10. The summed E-state index contributed by atoms with van der Waals surface area (Å²) >= 11 is 0. The van der Waals surface area contributed by atoms with Crippen molar-refractivity contribution in [2.75, 3.05) is 13.7 Å². The van der Waals surface area contributed by atoms with Crippen LogP contribution in [-0.2, 0) is 9.53 Å².